The van der Waals surface area contributed by atoms with Crippen LogP contribution in [0.3, 0.4) is 0 Å². The maximum atomic E-state index is 5.57. The summed E-state index contributed by atoms with van der Waals surface area (Å²) < 4.78 is 5.57. The predicted molar refractivity (Wildman–Crippen MR) is 50.3 cm³/mol. The molecule has 0 amide bonds. The number of nitrogens with two attached hydrogens (primary N) is 1. The van der Waals surface area contributed by atoms with Crippen molar-refractivity contribution in [3.8, 4) is 0 Å². The summed E-state index contributed by atoms with van der Waals surface area (Å²) in [4.78, 5) is 4.21. The average Bonchev–Trinajstić information content (AvgIpc) is 2.81. The lowest BCUT2D eigenvalue weighted by molar-refractivity contribution is 0.443. The van der Waals surface area contributed by atoms with E-state index in [9.17, 15) is 0 Å². The molecule has 0 unspecified atom stereocenters. The van der Waals surface area contributed by atoms with E-state index in [1.807, 2.05) is 6.20 Å². The summed E-state index contributed by atoms with van der Waals surface area (Å²) >= 11 is 0. The molecule has 1 aromatic heterocycles. The van der Waals surface area contributed by atoms with Crippen molar-refractivity contribution >= 4 is 0 Å². The Labute approximate surface area is 78.3 Å². The molecule has 0 atom stereocenters. The normalized spacial score (nSPS) is 16.4. The molecule has 0 spiro atoms. The summed E-state index contributed by atoms with van der Waals surface area (Å²) in [5.41, 5.74) is 5.40. The van der Waals surface area contributed by atoms with Crippen LogP contribution in [0.4, 0.5) is 0 Å². The molecule has 13 heavy (non-hydrogen) atoms. The minimum Gasteiger partial charge on any atom is -0.446 e. The number of rotatable bonds is 5. The van der Waals surface area contributed by atoms with Gasteiger partial charge in [0.2, 0.25) is 0 Å². The molecule has 2 N–H and O–H groups in total. The first-order valence-corrected chi connectivity index (χ1v) is 5.02. The lowest BCUT2D eigenvalue weighted by atomic mass is 10.2. The SMILES string of the molecule is NCCCc1ncc(CC2CC2)o1. The van der Waals surface area contributed by atoms with Crippen molar-refractivity contribution in [3.63, 3.8) is 0 Å². The molecule has 0 bridgehead atoms. The van der Waals surface area contributed by atoms with Crippen LogP contribution in [0, 0.1) is 5.92 Å². The summed E-state index contributed by atoms with van der Waals surface area (Å²) in [6.07, 6.45) is 7.50. The Kier molecular flexibility index (Phi) is 2.64. The van der Waals surface area contributed by atoms with E-state index in [1.165, 1.54) is 12.8 Å². The van der Waals surface area contributed by atoms with Crippen LogP contribution >= 0.6 is 0 Å². The van der Waals surface area contributed by atoms with Crippen molar-refractivity contribution in [2.75, 3.05) is 6.54 Å². The summed E-state index contributed by atoms with van der Waals surface area (Å²) in [6, 6.07) is 0. The van der Waals surface area contributed by atoms with Crippen molar-refractivity contribution in [3.05, 3.63) is 17.8 Å². The zero-order valence-electron chi connectivity index (χ0n) is 7.83. The molecule has 0 saturated heterocycles. The summed E-state index contributed by atoms with van der Waals surface area (Å²) in [6.45, 7) is 0.709. The largest absolute Gasteiger partial charge is 0.446 e. The molecule has 0 aromatic carbocycles. The molecule has 1 aliphatic carbocycles. The smallest absolute Gasteiger partial charge is 0.194 e. The zero-order valence-corrected chi connectivity index (χ0v) is 7.83. The minimum atomic E-state index is 0.709. The monoisotopic (exact) mass is 180 g/mol. The molecular weight excluding hydrogens is 164 g/mol. The van der Waals surface area contributed by atoms with Crippen LogP contribution in [-0.2, 0) is 12.8 Å². The predicted octanol–water partition coefficient (Wildman–Crippen LogP) is 1.52. The van der Waals surface area contributed by atoms with E-state index in [0.29, 0.717) is 6.54 Å². The molecule has 1 aliphatic rings. The van der Waals surface area contributed by atoms with Crippen LogP contribution < -0.4 is 5.73 Å². The average molecular weight is 180 g/mol. The van der Waals surface area contributed by atoms with E-state index in [2.05, 4.69) is 4.98 Å². The molecule has 3 nitrogen and oxygen atoms in total. The van der Waals surface area contributed by atoms with Gasteiger partial charge in [-0.1, -0.05) is 0 Å². The molecule has 3 heteroatoms. The quantitative estimate of drug-likeness (QED) is 0.747. The second kappa shape index (κ2) is 3.92. The van der Waals surface area contributed by atoms with Gasteiger partial charge in [-0.05, 0) is 31.7 Å². The van der Waals surface area contributed by atoms with Crippen LogP contribution in [0.5, 0.6) is 0 Å². The first-order valence-electron chi connectivity index (χ1n) is 5.02. The van der Waals surface area contributed by atoms with Crippen LogP contribution in [0.1, 0.15) is 30.9 Å². The summed E-state index contributed by atoms with van der Waals surface area (Å²) in [5, 5.41) is 0. The third-order valence-electron chi connectivity index (χ3n) is 2.38. The highest BCUT2D eigenvalue weighted by molar-refractivity contribution is 4.98. The maximum Gasteiger partial charge on any atom is 0.194 e. The van der Waals surface area contributed by atoms with E-state index in [-0.39, 0.29) is 0 Å². The van der Waals surface area contributed by atoms with Gasteiger partial charge in [0.05, 0.1) is 6.20 Å². The Morgan fingerprint density at radius 1 is 1.54 bits per heavy atom. The van der Waals surface area contributed by atoms with Crippen LogP contribution in [0.2, 0.25) is 0 Å². The van der Waals surface area contributed by atoms with Gasteiger partial charge < -0.3 is 10.2 Å². The number of oxazole rings is 1. The lowest BCUT2D eigenvalue weighted by Gasteiger charge is -1.92. The topological polar surface area (TPSA) is 52.0 Å². The fourth-order valence-corrected chi connectivity index (χ4v) is 1.42. The molecule has 1 aromatic rings. The van der Waals surface area contributed by atoms with Crippen molar-refractivity contribution in [1.29, 1.82) is 0 Å². The first kappa shape index (κ1) is 8.75. The number of hydrogen-bond acceptors (Lipinski definition) is 3. The van der Waals surface area contributed by atoms with Gasteiger partial charge in [0, 0.05) is 12.8 Å². The van der Waals surface area contributed by atoms with Crippen LogP contribution in [0.25, 0.3) is 0 Å². The van der Waals surface area contributed by atoms with Gasteiger partial charge in [0.15, 0.2) is 5.89 Å². The summed E-state index contributed by atoms with van der Waals surface area (Å²) in [7, 11) is 0. The molecule has 72 valence electrons. The molecule has 1 saturated carbocycles. The van der Waals surface area contributed by atoms with Gasteiger partial charge in [-0.15, -0.1) is 0 Å². The number of aryl methyl sites for hydroxylation is 1. The Morgan fingerprint density at radius 2 is 2.38 bits per heavy atom. The van der Waals surface area contributed by atoms with Crippen molar-refractivity contribution < 1.29 is 4.42 Å². The highest BCUT2D eigenvalue weighted by Crippen LogP contribution is 2.32. The Hall–Kier alpha value is -0.830. The maximum absolute atomic E-state index is 5.57. The van der Waals surface area contributed by atoms with Gasteiger partial charge >= 0.3 is 0 Å². The van der Waals surface area contributed by atoms with Gasteiger partial charge in [-0.3, -0.25) is 0 Å². The first-order chi connectivity index (χ1) is 6.38. The molecular formula is C10H16N2O. The van der Waals surface area contributed by atoms with E-state index in [1.54, 1.807) is 0 Å². The fraction of sp³-hybridized carbons (Fsp3) is 0.700. The van der Waals surface area contributed by atoms with E-state index in [4.69, 9.17) is 10.2 Å². The van der Waals surface area contributed by atoms with Crippen molar-refractivity contribution in [2.24, 2.45) is 11.7 Å². The molecule has 1 fully saturated rings. The van der Waals surface area contributed by atoms with Gasteiger partial charge in [-0.25, -0.2) is 4.98 Å². The van der Waals surface area contributed by atoms with E-state index >= 15 is 0 Å². The van der Waals surface area contributed by atoms with E-state index in [0.717, 1.165) is 36.8 Å². The van der Waals surface area contributed by atoms with Crippen LogP contribution in [-0.4, -0.2) is 11.5 Å². The Balaban J connectivity index is 1.84. The van der Waals surface area contributed by atoms with Crippen LogP contribution in [0.15, 0.2) is 10.6 Å². The third-order valence-corrected chi connectivity index (χ3v) is 2.38. The highest BCUT2D eigenvalue weighted by atomic mass is 16.4. The molecule has 2 rings (SSSR count). The van der Waals surface area contributed by atoms with Gasteiger partial charge in [0.1, 0.15) is 5.76 Å². The minimum absolute atomic E-state index is 0.709. The van der Waals surface area contributed by atoms with Gasteiger partial charge in [0.25, 0.3) is 0 Å². The van der Waals surface area contributed by atoms with Crippen molar-refractivity contribution in [2.45, 2.75) is 32.1 Å². The lowest BCUT2D eigenvalue weighted by Crippen LogP contribution is -2.00. The Bertz CT molecular complexity index is 266. The molecule has 0 radical (unpaired) electrons. The van der Waals surface area contributed by atoms with Crippen molar-refractivity contribution in [1.82, 2.24) is 4.98 Å². The van der Waals surface area contributed by atoms with Gasteiger partial charge in [-0.2, -0.15) is 0 Å². The zero-order chi connectivity index (χ0) is 9.10. The number of aromatic nitrogens is 1. The second-order valence-electron chi connectivity index (χ2n) is 3.76. The molecule has 0 aliphatic heterocycles. The molecule has 1 heterocycles. The number of nitrogens with zero attached hydrogens (tertiary/aromatic N) is 1. The number of hydrogen-bond donors (Lipinski definition) is 1. The third kappa shape index (κ3) is 2.56. The van der Waals surface area contributed by atoms with E-state index < -0.39 is 0 Å². The fourth-order valence-electron chi connectivity index (χ4n) is 1.42. The standard InChI is InChI=1S/C10H16N2O/c11-5-1-2-10-12-7-9(13-10)6-8-3-4-8/h7-8H,1-6,11H2. The Morgan fingerprint density at radius 3 is 3.08 bits per heavy atom. The second-order valence-corrected chi connectivity index (χ2v) is 3.76. The highest BCUT2D eigenvalue weighted by Gasteiger charge is 2.23. The summed E-state index contributed by atoms with van der Waals surface area (Å²) in [5.74, 6) is 2.77.